The zero-order chi connectivity index (χ0) is 14.8. The quantitative estimate of drug-likeness (QED) is 0.403. The van der Waals surface area contributed by atoms with Crippen molar-refractivity contribution >= 4 is 0 Å². The van der Waals surface area contributed by atoms with Gasteiger partial charge in [-0.15, -0.1) is 0 Å². The standard InChI is InChI=1S/C20H22I/c1-2-3-4-6-9-18-12-14-19(15-13-18)16-17-21-20-10-7-5-8-11-20/h5,7-8,10-15H,2-4,6,9H2,1H3/q+1. The fourth-order valence-electron chi connectivity index (χ4n) is 2.12. The molecule has 2 aromatic carbocycles. The van der Waals surface area contributed by atoms with Crippen LogP contribution in [0.15, 0.2) is 54.6 Å². The van der Waals surface area contributed by atoms with Crippen molar-refractivity contribution in [3.8, 4) is 9.85 Å². The third kappa shape index (κ3) is 6.35. The second kappa shape index (κ2) is 9.63. The summed E-state index contributed by atoms with van der Waals surface area (Å²) in [4.78, 5) is 0. The average Bonchev–Trinajstić information content (AvgIpc) is 2.54. The van der Waals surface area contributed by atoms with Crippen molar-refractivity contribution in [1.82, 2.24) is 0 Å². The van der Waals surface area contributed by atoms with Crippen LogP contribution >= 0.6 is 0 Å². The Balaban J connectivity index is 1.82. The molecule has 0 radical (unpaired) electrons. The zero-order valence-corrected chi connectivity index (χ0v) is 14.8. The summed E-state index contributed by atoms with van der Waals surface area (Å²) >= 11 is -0.182. The molecule has 21 heavy (non-hydrogen) atoms. The molecule has 108 valence electrons. The zero-order valence-electron chi connectivity index (χ0n) is 12.6. The van der Waals surface area contributed by atoms with E-state index in [4.69, 9.17) is 0 Å². The topological polar surface area (TPSA) is 0 Å². The summed E-state index contributed by atoms with van der Waals surface area (Å²) in [5.74, 6) is 3.30. The number of unbranched alkanes of at least 4 members (excludes halogenated alkanes) is 3. The van der Waals surface area contributed by atoms with E-state index in [-0.39, 0.29) is 21.2 Å². The van der Waals surface area contributed by atoms with Crippen LogP contribution in [0.4, 0.5) is 0 Å². The molecule has 0 aliphatic rings. The maximum absolute atomic E-state index is 3.36. The lowest BCUT2D eigenvalue weighted by atomic mass is 10.0. The first-order valence-electron chi connectivity index (χ1n) is 7.67. The molecule has 0 aliphatic carbocycles. The van der Waals surface area contributed by atoms with Crippen LogP contribution in [-0.4, -0.2) is 0 Å². The van der Waals surface area contributed by atoms with E-state index in [0.29, 0.717) is 0 Å². The van der Waals surface area contributed by atoms with E-state index in [1.165, 1.54) is 41.2 Å². The Morgan fingerprint density at radius 3 is 2.33 bits per heavy atom. The van der Waals surface area contributed by atoms with Crippen LogP contribution in [0.1, 0.15) is 43.7 Å². The minimum atomic E-state index is -0.182. The second-order valence-corrected chi connectivity index (χ2v) is 7.44. The van der Waals surface area contributed by atoms with Gasteiger partial charge in [0, 0.05) is 5.56 Å². The fourth-order valence-corrected chi connectivity index (χ4v) is 3.65. The van der Waals surface area contributed by atoms with Gasteiger partial charge in [-0.05, 0) is 48.6 Å². The first kappa shape index (κ1) is 16.1. The van der Waals surface area contributed by atoms with Gasteiger partial charge in [-0.2, -0.15) is 0 Å². The molecular weight excluding hydrogens is 367 g/mol. The molecule has 2 aromatic rings. The molecule has 0 N–H and O–H groups in total. The number of halogens is 1. The van der Waals surface area contributed by atoms with Gasteiger partial charge in [-0.25, -0.2) is 0 Å². The van der Waals surface area contributed by atoms with Crippen molar-refractivity contribution in [3.05, 3.63) is 69.3 Å². The van der Waals surface area contributed by atoms with Crippen LogP contribution < -0.4 is 21.2 Å². The normalized spacial score (nSPS) is 9.95. The average molecular weight is 389 g/mol. The predicted octanol–water partition coefficient (Wildman–Crippen LogP) is 2.08. The number of hydrogen-bond donors (Lipinski definition) is 0. The van der Waals surface area contributed by atoms with Crippen LogP contribution in [0.3, 0.4) is 0 Å². The van der Waals surface area contributed by atoms with E-state index in [2.05, 4.69) is 71.4 Å². The minimum absolute atomic E-state index is 0.182. The molecule has 2 rings (SSSR count). The molecule has 0 spiro atoms. The highest BCUT2D eigenvalue weighted by Gasteiger charge is 2.05. The maximum atomic E-state index is 3.36. The Bertz CT molecular complexity index is 573. The van der Waals surface area contributed by atoms with Gasteiger partial charge in [0.15, 0.2) is 3.93 Å². The Kier molecular flexibility index (Phi) is 7.38. The molecule has 0 nitrogen and oxygen atoms in total. The molecule has 0 aliphatic heterocycles. The van der Waals surface area contributed by atoms with Crippen LogP contribution in [0.2, 0.25) is 0 Å². The summed E-state index contributed by atoms with van der Waals surface area (Å²) in [7, 11) is 0. The number of hydrogen-bond acceptors (Lipinski definition) is 0. The van der Waals surface area contributed by atoms with E-state index < -0.39 is 0 Å². The molecule has 0 fully saturated rings. The largest absolute Gasteiger partial charge is 0.420 e. The van der Waals surface area contributed by atoms with Crippen molar-refractivity contribution in [1.29, 1.82) is 0 Å². The first-order valence-corrected chi connectivity index (χ1v) is 9.83. The van der Waals surface area contributed by atoms with Crippen LogP contribution in [0.5, 0.6) is 0 Å². The lowest BCUT2D eigenvalue weighted by Crippen LogP contribution is -3.59. The minimum Gasteiger partial charge on any atom is -0.0654 e. The molecule has 0 unspecified atom stereocenters. The molecule has 0 amide bonds. The highest BCUT2D eigenvalue weighted by Crippen LogP contribution is 2.09. The third-order valence-electron chi connectivity index (χ3n) is 3.35. The van der Waals surface area contributed by atoms with E-state index in [0.717, 1.165) is 5.56 Å². The van der Waals surface area contributed by atoms with Crippen molar-refractivity contribution in [2.75, 3.05) is 0 Å². The highest BCUT2D eigenvalue weighted by atomic mass is 127. The Morgan fingerprint density at radius 1 is 0.857 bits per heavy atom. The molecule has 0 bridgehead atoms. The summed E-state index contributed by atoms with van der Waals surface area (Å²) < 4.78 is 4.74. The lowest BCUT2D eigenvalue weighted by Gasteiger charge is -2.00. The van der Waals surface area contributed by atoms with E-state index in [9.17, 15) is 0 Å². The van der Waals surface area contributed by atoms with Gasteiger partial charge < -0.3 is 0 Å². The molecule has 0 heterocycles. The Morgan fingerprint density at radius 2 is 1.62 bits per heavy atom. The van der Waals surface area contributed by atoms with Crippen LogP contribution in [0.25, 0.3) is 0 Å². The number of benzene rings is 2. The Labute approximate surface area is 139 Å². The van der Waals surface area contributed by atoms with Gasteiger partial charge in [-0.1, -0.05) is 56.5 Å². The molecule has 0 saturated heterocycles. The lowest BCUT2D eigenvalue weighted by molar-refractivity contribution is -0.535. The summed E-state index contributed by atoms with van der Waals surface area (Å²) in [6.07, 6.45) is 6.51. The SMILES string of the molecule is CCCCCCc1ccc(C#C[I+]c2ccccc2)cc1. The van der Waals surface area contributed by atoms with Gasteiger partial charge in [0.25, 0.3) is 0 Å². The monoisotopic (exact) mass is 389 g/mol. The van der Waals surface area contributed by atoms with Gasteiger partial charge in [0.2, 0.25) is 3.57 Å². The molecular formula is C20H22I+. The van der Waals surface area contributed by atoms with Crippen molar-refractivity contribution < 1.29 is 21.2 Å². The van der Waals surface area contributed by atoms with E-state index >= 15 is 0 Å². The maximum Gasteiger partial charge on any atom is 0.420 e. The number of rotatable bonds is 6. The molecule has 1 heteroatoms. The molecule has 0 aromatic heterocycles. The van der Waals surface area contributed by atoms with Gasteiger partial charge >= 0.3 is 21.2 Å². The second-order valence-electron chi connectivity index (χ2n) is 5.12. The van der Waals surface area contributed by atoms with Gasteiger partial charge in [-0.3, -0.25) is 0 Å². The summed E-state index contributed by atoms with van der Waals surface area (Å²) in [6.45, 7) is 2.26. The van der Waals surface area contributed by atoms with Gasteiger partial charge in [0.05, 0.1) is 0 Å². The summed E-state index contributed by atoms with van der Waals surface area (Å²) in [5.41, 5.74) is 2.58. The van der Waals surface area contributed by atoms with E-state index in [1.54, 1.807) is 0 Å². The highest BCUT2D eigenvalue weighted by molar-refractivity contribution is 5.35. The summed E-state index contributed by atoms with van der Waals surface area (Å²) in [5, 5.41) is 0. The Hall–Kier alpha value is -1.27. The van der Waals surface area contributed by atoms with E-state index in [1.807, 2.05) is 0 Å². The number of aryl methyl sites for hydroxylation is 1. The van der Waals surface area contributed by atoms with Crippen LogP contribution in [0, 0.1) is 13.4 Å². The summed E-state index contributed by atoms with van der Waals surface area (Å²) in [6, 6.07) is 19.4. The third-order valence-corrected chi connectivity index (χ3v) is 5.24. The van der Waals surface area contributed by atoms with Crippen molar-refractivity contribution in [3.63, 3.8) is 0 Å². The smallest absolute Gasteiger partial charge is 0.0654 e. The van der Waals surface area contributed by atoms with Gasteiger partial charge in [0.1, 0.15) is 0 Å². The van der Waals surface area contributed by atoms with Crippen LogP contribution in [-0.2, 0) is 6.42 Å². The predicted molar refractivity (Wildman–Crippen MR) is 86.3 cm³/mol. The molecule has 0 saturated carbocycles. The molecule has 0 atom stereocenters. The first-order chi connectivity index (χ1) is 10.4. The van der Waals surface area contributed by atoms with Crippen molar-refractivity contribution in [2.24, 2.45) is 0 Å². The van der Waals surface area contributed by atoms with Crippen molar-refractivity contribution in [2.45, 2.75) is 39.0 Å². The fraction of sp³-hybridized carbons (Fsp3) is 0.300.